The van der Waals surface area contributed by atoms with Crippen LogP contribution in [-0.4, -0.2) is 33.1 Å². The van der Waals surface area contributed by atoms with Crippen LogP contribution in [0.1, 0.15) is 25.8 Å². The molecule has 0 amide bonds. The largest absolute Gasteiger partial charge is 0.464 e. The van der Waals surface area contributed by atoms with E-state index in [9.17, 15) is 0 Å². The van der Waals surface area contributed by atoms with Crippen LogP contribution >= 0.6 is 0 Å². The lowest BCUT2D eigenvalue weighted by Gasteiger charge is -2.09. The lowest BCUT2D eigenvalue weighted by Crippen LogP contribution is -2.11. The normalized spacial score (nSPS) is 10.2. The molecular weight excluding hydrogens is 268 g/mol. The number of pyridine rings is 1. The van der Waals surface area contributed by atoms with Gasteiger partial charge in [-0.1, -0.05) is 6.92 Å². The Hall–Kier alpha value is -2.44. The van der Waals surface area contributed by atoms with Crippen molar-refractivity contribution in [2.45, 2.75) is 26.8 Å². The van der Waals surface area contributed by atoms with E-state index in [1.807, 2.05) is 19.1 Å². The molecule has 0 spiro atoms. The summed E-state index contributed by atoms with van der Waals surface area (Å²) >= 11 is 0. The van der Waals surface area contributed by atoms with E-state index in [0.29, 0.717) is 31.1 Å². The molecule has 0 bridgehead atoms. The van der Waals surface area contributed by atoms with Crippen LogP contribution in [0, 0.1) is 0 Å². The number of hydrogen-bond donors (Lipinski definition) is 2. The average Bonchev–Trinajstić information content (AvgIpc) is 2.52. The Balaban J connectivity index is 2.07. The molecule has 112 valence electrons. The summed E-state index contributed by atoms with van der Waals surface area (Å²) in [5, 5.41) is 6.31. The summed E-state index contributed by atoms with van der Waals surface area (Å²) in [4.78, 5) is 16.8. The lowest BCUT2D eigenvalue weighted by molar-refractivity contribution is 0.312. The van der Waals surface area contributed by atoms with Crippen molar-refractivity contribution in [1.82, 2.24) is 19.9 Å². The van der Waals surface area contributed by atoms with E-state index in [4.69, 9.17) is 4.74 Å². The Kier molecular flexibility index (Phi) is 5.69. The van der Waals surface area contributed by atoms with Crippen LogP contribution in [0.5, 0.6) is 6.01 Å². The van der Waals surface area contributed by atoms with Gasteiger partial charge < -0.3 is 15.4 Å². The zero-order valence-electron chi connectivity index (χ0n) is 12.3. The molecule has 0 saturated carbocycles. The molecule has 0 aliphatic heterocycles. The van der Waals surface area contributed by atoms with E-state index in [1.54, 1.807) is 12.4 Å². The van der Waals surface area contributed by atoms with Gasteiger partial charge in [-0.25, -0.2) is 0 Å². The molecule has 2 aromatic rings. The minimum Gasteiger partial charge on any atom is -0.464 e. The van der Waals surface area contributed by atoms with Gasteiger partial charge in [0, 0.05) is 25.5 Å². The van der Waals surface area contributed by atoms with Crippen molar-refractivity contribution >= 4 is 11.9 Å². The van der Waals surface area contributed by atoms with Crippen LogP contribution in [0.15, 0.2) is 24.5 Å². The fraction of sp³-hybridized carbons (Fsp3) is 0.429. The molecule has 0 radical (unpaired) electrons. The molecule has 0 aromatic carbocycles. The van der Waals surface area contributed by atoms with Gasteiger partial charge >= 0.3 is 6.01 Å². The molecule has 2 aromatic heterocycles. The van der Waals surface area contributed by atoms with Gasteiger partial charge in [0.1, 0.15) is 0 Å². The molecule has 0 aliphatic carbocycles. The van der Waals surface area contributed by atoms with E-state index < -0.39 is 0 Å². The fourth-order valence-electron chi connectivity index (χ4n) is 1.63. The maximum absolute atomic E-state index is 5.37. The van der Waals surface area contributed by atoms with E-state index in [2.05, 4.69) is 37.5 Å². The van der Waals surface area contributed by atoms with Crippen LogP contribution in [0.25, 0.3) is 0 Å². The molecule has 0 atom stereocenters. The first-order chi connectivity index (χ1) is 10.3. The highest BCUT2D eigenvalue weighted by atomic mass is 16.5. The number of rotatable bonds is 8. The second kappa shape index (κ2) is 7.98. The van der Waals surface area contributed by atoms with E-state index in [1.165, 1.54) is 0 Å². The van der Waals surface area contributed by atoms with Gasteiger partial charge in [0.15, 0.2) is 0 Å². The maximum atomic E-state index is 5.37. The molecule has 7 nitrogen and oxygen atoms in total. The highest BCUT2D eigenvalue weighted by molar-refractivity contribution is 5.36. The van der Waals surface area contributed by atoms with Crippen molar-refractivity contribution < 1.29 is 4.74 Å². The van der Waals surface area contributed by atoms with Crippen LogP contribution in [0.2, 0.25) is 0 Å². The summed E-state index contributed by atoms with van der Waals surface area (Å²) < 4.78 is 5.37. The maximum Gasteiger partial charge on any atom is 0.323 e. The first-order valence-electron chi connectivity index (χ1n) is 7.07. The topological polar surface area (TPSA) is 84.9 Å². The van der Waals surface area contributed by atoms with E-state index >= 15 is 0 Å². The van der Waals surface area contributed by atoms with Crippen molar-refractivity contribution in [3.8, 4) is 6.01 Å². The molecule has 2 heterocycles. The number of anilines is 2. The Labute approximate surface area is 124 Å². The summed E-state index contributed by atoms with van der Waals surface area (Å²) in [5.74, 6) is 1.01. The van der Waals surface area contributed by atoms with Gasteiger partial charge in [-0.2, -0.15) is 15.0 Å². The highest BCUT2D eigenvalue weighted by Gasteiger charge is 2.06. The zero-order chi connectivity index (χ0) is 14.9. The minimum atomic E-state index is 0.323. The van der Waals surface area contributed by atoms with Crippen LogP contribution in [-0.2, 0) is 6.54 Å². The van der Waals surface area contributed by atoms with Crippen molar-refractivity contribution in [3.05, 3.63) is 30.1 Å². The molecule has 2 N–H and O–H groups in total. The van der Waals surface area contributed by atoms with Crippen molar-refractivity contribution in [1.29, 1.82) is 0 Å². The van der Waals surface area contributed by atoms with Crippen molar-refractivity contribution in [3.63, 3.8) is 0 Å². The number of hydrogen-bond acceptors (Lipinski definition) is 7. The molecular formula is C14H20N6O. The van der Waals surface area contributed by atoms with Crippen molar-refractivity contribution in [2.24, 2.45) is 0 Å². The number of aromatic nitrogens is 4. The summed E-state index contributed by atoms with van der Waals surface area (Å²) in [6.45, 7) is 5.92. The van der Waals surface area contributed by atoms with Crippen LogP contribution < -0.4 is 15.4 Å². The monoisotopic (exact) mass is 288 g/mol. The molecule has 0 aliphatic rings. The first kappa shape index (κ1) is 15.0. The number of nitrogens with zero attached hydrogens (tertiary/aromatic N) is 4. The van der Waals surface area contributed by atoms with Gasteiger partial charge in [-0.3, -0.25) is 4.98 Å². The Bertz CT molecular complexity index is 548. The smallest absolute Gasteiger partial charge is 0.323 e. The Morgan fingerprint density at radius 1 is 1.00 bits per heavy atom. The molecule has 0 saturated heterocycles. The third kappa shape index (κ3) is 4.87. The fourth-order valence-corrected chi connectivity index (χ4v) is 1.63. The SMILES string of the molecule is CCCNc1nc(NCc2ccncc2)nc(OCC)n1. The number of nitrogens with one attached hydrogen (secondary N) is 2. The molecule has 0 fully saturated rings. The third-order valence-electron chi connectivity index (χ3n) is 2.62. The van der Waals surface area contributed by atoms with Crippen LogP contribution in [0.4, 0.5) is 11.9 Å². The standard InChI is InChI=1S/C14H20N6O/c1-3-7-16-12-18-13(20-14(19-12)21-4-2)17-10-11-5-8-15-9-6-11/h5-6,8-9H,3-4,7,10H2,1-2H3,(H2,16,17,18,19,20). The zero-order valence-corrected chi connectivity index (χ0v) is 12.3. The van der Waals surface area contributed by atoms with Gasteiger partial charge in [0.05, 0.1) is 6.61 Å². The second-order valence-electron chi connectivity index (χ2n) is 4.33. The lowest BCUT2D eigenvalue weighted by atomic mass is 10.3. The minimum absolute atomic E-state index is 0.323. The summed E-state index contributed by atoms with van der Waals surface area (Å²) in [6.07, 6.45) is 4.50. The van der Waals surface area contributed by atoms with E-state index in [0.717, 1.165) is 18.5 Å². The van der Waals surface area contributed by atoms with Gasteiger partial charge in [-0.05, 0) is 31.0 Å². The first-order valence-corrected chi connectivity index (χ1v) is 7.07. The molecule has 2 rings (SSSR count). The van der Waals surface area contributed by atoms with Gasteiger partial charge in [-0.15, -0.1) is 0 Å². The predicted octanol–water partition coefficient (Wildman–Crippen LogP) is 2.10. The molecule has 21 heavy (non-hydrogen) atoms. The Morgan fingerprint density at radius 2 is 1.71 bits per heavy atom. The summed E-state index contributed by atoms with van der Waals surface area (Å²) in [5.41, 5.74) is 1.10. The second-order valence-corrected chi connectivity index (χ2v) is 4.33. The van der Waals surface area contributed by atoms with Crippen LogP contribution in [0.3, 0.4) is 0 Å². The average molecular weight is 288 g/mol. The quantitative estimate of drug-likeness (QED) is 0.769. The van der Waals surface area contributed by atoms with Crippen molar-refractivity contribution in [2.75, 3.05) is 23.8 Å². The Morgan fingerprint density at radius 3 is 2.38 bits per heavy atom. The number of ether oxygens (including phenoxy) is 1. The summed E-state index contributed by atoms with van der Waals surface area (Å²) in [6, 6.07) is 4.20. The van der Waals surface area contributed by atoms with Gasteiger partial charge in [0.25, 0.3) is 0 Å². The third-order valence-corrected chi connectivity index (χ3v) is 2.62. The highest BCUT2D eigenvalue weighted by Crippen LogP contribution is 2.12. The molecule has 7 heteroatoms. The predicted molar refractivity (Wildman–Crippen MR) is 81.3 cm³/mol. The molecule has 0 unspecified atom stereocenters. The van der Waals surface area contributed by atoms with E-state index in [-0.39, 0.29) is 0 Å². The van der Waals surface area contributed by atoms with Gasteiger partial charge in [0.2, 0.25) is 11.9 Å². The summed E-state index contributed by atoms with van der Waals surface area (Å²) in [7, 11) is 0.